The van der Waals surface area contributed by atoms with Crippen molar-refractivity contribution >= 4 is 17.2 Å². The summed E-state index contributed by atoms with van der Waals surface area (Å²) in [5, 5.41) is 1.97. The number of hydrogen-bond donors (Lipinski definition) is 0. The predicted molar refractivity (Wildman–Crippen MR) is 99.0 cm³/mol. The summed E-state index contributed by atoms with van der Waals surface area (Å²) in [5.74, 6) is 0.978. The average molecular weight is 386 g/mol. The van der Waals surface area contributed by atoms with Gasteiger partial charge < -0.3 is 14.1 Å². The van der Waals surface area contributed by atoms with E-state index in [2.05, 4.69) is 4.98 Å². The minimum Gasteiger partial charge on any atom is -0.442 e. The standard InChI is InChI=1S/C20H19FN2O3S/c21-15-5-3-14(4-6-15)10-16-12-22-20(26-16)18-13-23(7-8-25-18)19(24)11-17-2-1-9-27-17/h1-6,9,12,18H,7-8,10-11,13H2/t18-/m1/s1. The van der Waals surface area contributed by atoms with Crippen molar-refractivity contribution < 1.29 is 18.3 Å². The molecular formula is C20H19FN2O3S. The Bertz CT molecular complexity index is 892. The highest BCUT2D eigenvalue weighted by Gasteiger charge is 2.28. The monoisotopic (exact) mass is 386 g/mol. The minimum absolute atomic E-state index is 0.0869. The Morgan fingerprint density at radius 1 is 1.30 bits per heavy atom. The van der Waals surface area contributed by atoms with Crippen LogP contribution in [0.2, 0.25) is 0 Å². The maximum Gasteiger partial charge on any atom is 0.228 e. The predicted octanol–water partition coefficient (Wildman–Crippen LogP) is 3.61. The maximum atomic E-state index is 13.0. The molecule has 0 N–H and O–H groups in total. The molecule has 1 saturated heterocycles. The second-order valence-corrected chi connectivity index (χ2v) is 7.46. The van der Waals surface area contributed by atoms with Gasteiger partial charge >= 0.3 is 0 Å². The Hall–Kier alpha value is -2.51. The number of morpholine rings is 1. The smallest absolute Gasteiger partial charge is 0.228 e. The van der Waals surface area contributed by atoms with Gasteiger partial charge in [0.2, 0.25) is 11.8 Å². The summed E-state index contributed by atoms with van der Waals surface area (Å²) in [6.07, 6.45) is 2.23. The van der Waals surface area contributed by atoms with E-state index in [0.29, 0.717) is 44.2 Å². The van der Waals surface area contributed by atoms with Crippen LogP contribution in [0.1, 0.15) is 28.2 Å². The number of aromatic nitrogens is 1. The fraction of sp³-hybridized carbons (Fsp3) is 0.300. The first-order valence-electron chi connectivity index (χ1n) is 8.78. The van der Waals surface area contributed by atoms with Gasteiger partial charge in [-0.1, -0.05) is 18.2 Å². The van der Waals surface area contributed by atoms with Crippen molar-refractivity contribution in [3.8, 4) is 0 Å². The molecule has 4 rings (SSSR count). The third kappa shape index (κ3) is 4.43. The average Bonchev–Trinajstić information content (AvgIpc) is 3.36. The molecule has 3 heterocycles. The van der Waals surface area contributed by atoms with Crippen LogP contribution in [0.3, 0.4) is 0 Å². The lowest BCUT2D eigenvalue weighted by Crippen LogP contribution is -2.43. The van der Waals surface area contributed by atoms with Crippen LogP contribution in [0.4, 0.5) is 4.39 Å². The van der Waals surface area contributed by atoms with Crippen LogP contribution in [0.5, 0.6) is 0 Å². The molecule has 1 amide bonds. The number of nitrogens with zero attached hydrogens (tertiary/aromatic N) is 2. The van der Waals surface area contributed by atoms with E-state index in [1.54, 1.807) is 34.6 Å². The number of halogens is 1. The number of ether oxygens (including phenoxy) is 1. The Kier molecular flexibility index (Phi) is 5.31. The summed E-state index contributed by atoms with van der Waals surface area (Å²) in [5.41, 5.74) is 0.941. The quantitative estimate of drug-likeness (QED) is 0.672. The van der Waals surface area contributed by atoms with Crippen LogP contribution >= 0.6 is 11.3 Å². The highest BCUT2D eigenvalue weighted by Crippen LogP contribution is 2.24. The van der Waals surface area contributed by atoms with Gasteiger partial charge in [0.15, 0.2) is 6.10 Å². The third-order valence-electron chi connectivity index (χ3n) is 4.46. The number of carbonyl (C=O) groups excluding carboxylic acids is 1. The van der Waals surface area contributed by atoms with Gasteiger partial charge in [-0.25, -0.2) is 9.37 Å². The molecule has 0 bridgehead atoms. The molecule has 1 atom stereocenters. The van der Waals surface area contributed by atoms with E-state index in [4.69, 9.17) is 9.15 Å². The topological polar surface area (TPSA) is 55.6 Å². The summed E-state index contributed by atoms with van der Waals surface area (Å²) < 4.78 is 24.6. The molecule has 1 aliphatic heterocycles. The summed E-state index contributed by atoms with van der Waals surface area (Å²) in [4.78, 5) is 19.7. The molecule has 1 aromatic carbocycles. The van der Waals surface area contributed by atoms with E-state index >= 15 is 0 Å². The van der Waals surface area contributed by atoms with Gasteiger partial charge in [0.05, 0.1) is 25.8 Å². The highest BCUT2D eigenvalue weighted by molar-refractivity contribution is 7.10. The molecule has 0 radical (unpaired) electrons. The molecule has 2 aromatic heterocycles. The molecule has 3 aromatic rings. The first kappa shape index (κ1) is 17.9. The number of thiophene rings is 1. The van der Waals surface area contributed by atoms with Crippen molar-refractivity contribution in [2.75, 3.05) is 19.7 Å². The summed E-state index contributed by atoms with van der Waals surface area (Å²) in [7, 11) is 0. The second kappa shape index (κ2) is 8.02. The van der Waals surface area contributed by atoms with Crippen LogP contribution in [0, 0.1) is 5.82 Å². The van der Waals surface area contributed by atoms with Crippen LogP contribution in [0.25, 0.3) is 0 Å². The van der Waals surface area contributed by atoms with E-state index in [0.717, 1.165) is 10.4 Å². The highest BCUT2D eigenvalue weighted by atomic mass is 32.1. The van der Waals surface area contributed by atoms with Crippen LogP contribution in [-0.2, 0) is 22.4 Å². The van der Waals surface area contributed by atoms with E-state index < -0.39 is 0 Å². The number of benzene rings is 1. The molecule has 5 nitrogen and oxygen atoms in total. The lowest BCUT2D eigenvalue weighted by atomic mass is 10.1. The van der Waals surface area contributed by atoms with Crippen molar-refractivity contribution in [2.45, 2.75) is 18.9 Å². The Morgan fingerprint density at radius 2 is 2.15 bits per heavy atom. The second-order valence-electron chi connectivity index (χ2n) is 6.42. The van der Waals surface area contributed by atoms with Crippen molar-refractivity contribution in [3.63, 3.8) is 0 Å². The number of carbonyl (C=O) groups is 1. The Morgan fingerprint density at radius 3 is 2.93 bits per heavy atom. The third-order valence-corrected chi connectivity index (χ3v) is 5.34. The van der Waals surface area contributed by atoms with Crippen molar-refractivity contribution in [2.24, 2.45) is 0 Å². The van der Waals surface area contributed by atoms with Gasteiger partial charge in [-0.15, -0.1) is 11.3 Å². The summed E-state index contributed by atoms with van der Waals surface area (Å²) >= 11 is 1.58. The zero-order valence-electron chi connectivity index (χ0n) is 14.6. The fourth-order valence-electron chi connectivity index (χ4n) is 3.06. The maximum absolute atomic E-state index is 13.0. The van der Waals surface area contributed by atoms with Crippen LogP contribution < -0.4 is 0 Å². The van der Waals surface area contributed by atoms with Gasteiger partial charge in [-0.3, -0.25) is 4.79 Å². The molecule has 27 heavy (non-hydrogen) atoms. The van der Waals surface area contributed by atoms with Gasteiger partial charge in [0.25, 0.3) is 0 Å². The van der Waals surface area contributed by atoms with Crippen LogP contribution in [-0.4, -0.2) is 35.5 Å². The SMILES string of the molecule is O=C(Cc1cccs1)N1CCO[C@@H](c2ncc(Cc3ccc(F)cc3)o2)C1. The fourth-order valence-corrected chi connectivity index (χ4v) is 3.75. The van der Waals surface area contributed by atoms with Crippen molar-refractivity contribution in [3.05, 3.63) is 75.9 Å². The molecule has 0 saturated carbocycles. The zero-order valence-corrected chi connectivity index (χ0v) is 15.5. The Balaban J connectivity index is 1.39. The molecule has 0 spiro atoms. The van der Waals surface area contributed by atoms with Crippen LogP contribution in [0.15, 0.2) is 52.4 Å². The van der Waals surface area contributed by atoms with Gasteiger partial charge in [0, 0.05) is 17.8 Å². The largest absolute Gasteiger partial charge is 0.442 e. The summed E-state index contributed by atoms with van der Waals surface area (Å²) in [6, 6.07) is 10.2. The van der Waals surface area contributed by atoms with Gasteiger partial charge in [-0.05, 0) is 29.1 Å². The first-order valence-corrected chi connectivity index (χ1v) is 9.66. The zero-order chi connectivity index (χ0) is 18.6. The lowest BCUT2D eigenvalue weighted by Gasteiger charge is -2.31. The molecule has 7 heteroatoms. The van der Waals surface area contributed by atoms with E-state index in [1.807, 2.05) is 17.5 Å². The molecule has 1 aliphatic rings. The molecule has 0 unspecified atom stereocenters. The number of oxazole rings is 1. The molecule has 1 fully saturated rings. The van der Waals surface area contributed by atoms with E-state index in [9.17, 15) is 9.18 Å². The minimum atomic E-state index is -0.368. The molecule has 0 aliphatic carbocycles. The normalized spacial score (nSPS) is 17.2. The van der Waals surface area contributed by atoms with Crippen molar-refractivity contribution in [1.82, 2.24) is 9.88 Å². The number of hydrogen-bond acceptors (Lipinski definition) is 5. The molecule has 140 valence electrons. The lowest BCUT2D eigenvalue weighted by molar-refractivity contribution is -0.139. The number of amides is 1. The Labute approximate surface area is 160 Å². The summed E-state index contributed by atoms with van der Waals surface area (Å²) in [6.45, 7) is 1.46. The van der Waals surface area contributed by atoms with Crippen molar-refractivity contribution in [1.29, 1.82) is 0 Å². The first-order chi connectivity index (χ1) is 13.2. The number of rotatable bonds is 5. The van der Waals surface area contributed by atoms with E-state index in [1.165, 1.54) is 12.1 Å². The van der Waals surface area contributed by atoms with Gasteiger partial charge in [0.1, 0.15) is 11.6 Å². The van der Waals surface area contributed by atoms with E-state index in [-0.39, 0.29) is 17.8 Å². The van der Waals surface area contributed by atoms with Gasteiger partial charge in [-0.2, -0.15) is 0 Å². The molecular weight excluding hydrogens is 367 g/mol.